The summed E-state index contributed by atoms with van der Waals surface area (Å²) in [5.74, 6) is -0.462. The van der Waals surface area contributed by atoms with E-state index < -0.39 is 24.7 Å². The lowest BCUT2D eigenvalue weighted by Gasteiger charge is -2.26. The number of hydrogen-bond acceptors (Lipinski definition) is 5. The molecule has 1 fully saturated rings. The number of carbonyl (C=O) groups excluding carboxylic acids is 1. The van der Waals surface area contributed by atoms with Crippen molar-refractivity contribution in [1.82, 2.24) is 24.9 Å². The molecule has 28 heavy (non-hydrogen) atoms. The third-order valence-electron chi connectivity index (χ3n) is 4.67. The van der Waals surface area contributed by atoms with Crippen LogP contribution in [0.3, 0.4) is 0 Å². The molecule has 1 saturated heterocycles. The van der Waals surface area contributed by atoms with Gasteiger partial charge in [-0.15, -0.1) is 0 Å². The summed E-state index contributed by atoms with van der Waals surface area (Å²) in [6.45, 7) is -0.0258. The minimum Gasteiger partial charge on any atom is -0.349 e. The van der Waals surface area contributed by atoms with Crippen LogP contribution in [0.4, 0.5) is 19.0 Å². The van der Waals surface area contributed by atoms with Gasteiger partial charge in [0.25, 0.3) is 12.3 Å². The van der Waals surface area contributed by atoms with E-state index in [0.717, 1.165) is 24.6 Å². The Labute approximate surface area is 158 Å². The Morgan fingerprint density at radius 1 is 1.32 bits per heavy atom. The number of nitrogens with one attached hydrogen (secondary N) is 1. The van der Waals surface area contributed by atoms with Crippen molar-refractivity contribution in [1.29, 1.82) is 0 Å². The van der Waals surface area contributed by atoms with Crippen molar-refractivity contribution < 1.29 is 18.0 Å². The molecule has 1 N–H and O–H groups in total. The first-order chi connectivity index (χ1) is 13.5. The third-order valence-corrected chi connectivity index (χ3v) is 4.67. The largest absolute Gasteiger partial charge is 0.349 e. The Bertz CT molecular complexity index is 1010. The third kappa shape index (κ3) is 3.49. The van der Waals surface area contributed by atoms with Crippen LogP contribution in [-0.4, -0.2) is 45.0 Å². The Balaban J connectivity index is 1.65. The number of anilines is 1. The van der Waals surface area contributed by atoms with E-state index in [1.165, 1.54) is 16.8 Å². The first-order valence-corrected chi connectivity index (χ1v) is 8.81. The van der Waals surface area contributed by atoms with E-state index in [1.54, 1.807) is 18.5 Å². The van der Waals surface area contributed by atoms with Crippen LogP contribution >= 0.6 is 0 Å². The molecule has 10 heteroatoms. The first-order valence-electron chi connectivity index (χ1n) is 8.81. The van der Waals surface area contributed by atoms with E-state index >= 15 is 0 Å². The van der Waals surface area contributed by atoms with Crippen molar-refractivity contribution in [2.45, 2.75) is 25.3 Å². The Morgan fingerprint density at radius 2 is 2.18 bits per heavy atom. The number of nitrogens with zero attached hydrogens (tertiary/aromatic N) is 5. The van der Waals surface area contributed by atoms with Crippen LogP contribution in [0.25, 0.3) is 5.65 Å². The highest BCUT2D eigenvalue weighted by atomic mass is 19.3. The van der Waals surface area contributed by atoms with E-state index in [4.69, 9.17) is 0 Å². The van der Waals surface area contributed by atoms with Crippen LogP contribution in [0.2, 0.25) is 0 Å². The smallest absolute Gasteiger partial charge is 0.256 e. The monoisotopic (exact) mass is 390 g/mol. The summed E-state index contributed by atoms with van der Waals surface area (Å²) < 4.78 is 39.7. The molecule has 1 aliphatic rings. The van der Waals surface area contributed by atoms with E-state index in [9.17, 15) is 18.0 Å². The highest BCUT2D eigenvalue weighted by Crippen LogP contribution is 2.35. The van der Waals surface area contributed by atoms with Gasteiger partial charge in [-0.1, -0.05) is 0 Å². The molecule has 0 saturated carbocycles. The molecule has 0 aliphatic carbocycles. The van der Waals surface area contributed by atoms with Crippen LogP contribution in [0.15, 0.2) is 36.9 Å². The number of pyridine rings is 1. The zero-order chi connectivity index (χ0) is 19.7. The number of alkyl halides is 2. The second-order valence-corrected chi connectivity index (χ2v) is 6.50. The number of rotatable bonds is 5. The lowest BCUT2D eigenvalue weighted by molar-refractivity contribution is 0.0893. The molecule has 0 radical (unpaired) electrons. The number of carbonyl (C=O) groups is 1. The van der Waals surface area contributed by atoms with Crippen LogP contribution < -0.4 is 10.2 Å². The highest BCUT2D eigenvalue weighted by Gasteiger charge is 2.28. The lowest BCUT2D eigenvalue weighted by Crippen LogP contribution is -2.28. The van der Waals surface area contributed by atoms with E-state index in [0.29, 0.717) is 12.4 Å². The van der Waals surface area contributed by atoms with Gasteiger partial charge >= 0.3 is 0 Å². The SMILES string of the molecule is O=C(NCC(F)F)c1cnn2ccc(N3CCC[C@@H]3c3cncc(F)c3)nc12. The minimum absolute atomic E-state index is 0.0859. The van der Waals surface area contributed by atoms with Crippen LogP contribution in [0.1, 0.15) is 34.8 Å². The van der Waals surface area contributed by atoms with Gasteiger partial charge in [-0.2, -0.15) is 5.10 Å². The molecule has 3 aromatic heterocycles. The number of fused-ring (bicyclic) bond motifs is 1. The van der Waals surface area contributed by atoms with Gasteiger partial charge in [0.2, 0.25) is 0 Å². The maximum atomic E-state index is 13.6. The number of aromatic nitrogens is 4. The van der Waals surface area contributed by atoms with Gasteiger partial charge < -0.3 is 10.2 Å². The van der Waals surface area contributed by atoms with Gasteiger partial charge in [-0.25, -0.2) is 22.7 Å². The molecular formula is C18H17F3N6O. The number of hydrogen-bond donors (Lipinski definition) is 1. The molecule has 1 amide bonds. The van der Waals surface area contributed by atoms with Crippen LogP contribution in [0, 0.1) is 5.82 Å². The van der Waals surface area contributed by atoms with E-state index in [1.807, 2.05) is 4.90 Å². The standard InChI is InChI=1S/C18H17F3N6O/c19-12-6-11(7-22-8-12)14-2-1-4-26(14)16-3-5-27-17(25-16)13(9-24-27)18(28)23-10-15(20)21/h3,5-9,14-15H,1-2,4,10H2,(H,23,28)/t14-/m1/s1. The molecule has 0 aromatic carbocycles. The van der Waals surface area contributed by atoms with Crippen LogP contribution in [-0.2, 0) is 0 Å². The lowest BCUT2D eigenvalue weighted by atomic mass is 10.1. The van der Waals surface area contributed by atoms with Crippen molar-refractivity contribution in [2.75, 3.05) is 18.0 Å². The average molecular weight is 390 g/mol. The fraction of sp³-hybridized carbons (Fsp3) is 0.333. The maximum Gasteiger partial charge on any atom is 0.256 e. The maximum absolute atomic E-state index is 13.6. The Kier molecular flexibility index (Phi) is 4.84. The number of amides is 1. The quantitative estimate of drug-likeness (QED) is 0.725. The Hall–Kier alpha value is -3.17. The second-order valence-electron chi connectivity index (χ2n) is 6.50. The van der Waals surface area contributed by atoms with Gasteiger partial charge in [0, 0.05) is 18.9 Å². The molecule has 0 unspecified atom stereocenters. The second kappa shape index (κ2) is 7.45. The molecule has 7 nitrogen and oxygen atoms in total. The molecule has 0 spiro atoms. The summed E-state index contributed by atoms with van der Waals surface area (Å²) in [5, 5.41) is 6.21. The van der Waals surface area contributed by atoms with Gasteiger partial charge in [0.1, 0.15) is 17.2 Å². The zero-order valence-electron chi connectivity index (χ0n) is 14.7. The molecule has 4 heterocycles. The van der Waals surface area contributed by atoms with Gasteiger partial charge in [-0.05, 0) is 30.5 Å². The topological polar surface area (TPSA) is 75.4 Å². The summed E-state index contributed by atoms with van der Waals surface area (Å²) >= 11 is 0. The van der Waals surface area contributed by atoms with Gasteiger partial charge in [-0.3, -0.25) is 9.78 Å². The molecule has 1 atom stereocenters. The summed E-state index contributed by atoms with van der Waals surface area (Å²) in [6.07, 6.45) is 4.82. The van der Waals surface area contributed by atoms with E-state index in [-0.39, 0.29) is 17.3 Å². The van der Waals surface area contributed by atoms with Crippen molar-refractivity contribution in [3.05, 3.63) is 53.9 Å². The molecule has 146 valence electrons. The molecule has 4 rings (SSSR count). The molecular weight excluding hydrogens is 373 g/mol. The predicted octanol–water partition coefficient (Wildman–Crippen LogP) is 2.60. The van der Waals surface area contributed by atoms with Crippen molar-refractivity contribution >= 4 is 17.4 Å². The first kappa shape index (κ1) is 18.2. The summed E-state index contributed by atoms with van der Waals surface area (Å²) in [4.78, 5) is 22.6. The van der Waals surface area contributed by atoms with E-state index in [2.05, 4.69) is 20.4 Å². The number of halogens is 3. The highest BCUT2D eigenvalue weighted by molar-refractivity contribution is 5.99. The van der Waals surface area contributed by atoms with Crippen molar-refractivity contribution in [3.63, 3.8) is 0 Å². The predicted molar refractivity (Wildman–Crippen MR) is 94.8 cm³/mol. The van der Waals surface area contributed by atoms with Gasteiger partial charge in [0.15, 0.2) is 5.65 Å². The molecule has 0 bridgehead atoms. The van der Waals surface area contributed by atoms with Gasteiger partial charge in [0.05, 0.1) is 25.0 Å². The fourth-order valence-electron chi connectivity index (χ4n) is 3.44. The zero-order valence-corrected chi connectivity index (χ0v) is 14.7. The van der Waals surface area contributed by atoms with Crippen molar-refractivity contribution in [3.8, 4) is 0 Å². The minimum atomic E-state index is -2.64. The summed E-state index contributed by atoms with van der Waals surface area (Å²) in [7, 11) is 0. The normalized spacial score (nSPS) is 16.9. The Morgan fingerprint density at radius 3 is 2.96 bits per heavy atom. The van der Waals surface area contributed by atoms with Crippen LogP contribution in [0.5, 0.6) is 0 Å². The summed E-state index contributed by atoms with van der Waals surface area (Å²) in [5.41, 5.74) is 1.14. The molecule has 3 aromatic rings. The van der Waals surface area contributed by atoms with Crippen molar-refractivity contribution in [2.24, 2.45) is 0 Å². The fourth-order valence-corrected chi connectivity index (χ4v) is 3.44. The summed E-state index contributed by atoms with van der Waals surface area (Å²) in [6, 6.07) is 3.12. The molecule has 1 aliphatic heterocycles. The average Bonchev–Trinajstić information content (AvgIpc) is 3.32.